The van der Waals surface area contributed by atoms with Crippen molar-refractivity contribution in [2.45, 2.75) is 64.0 Å². The monoisotopic (exact) mass is 282 g/mol. The first-order valence-corrected chi connectivity index (χ1v) is 7.86. The van der Waals surface area contributed by atoms with Gasteiger partial charge in [-0.15, -0.1) is 0 Å². The second-order valence-corrected chi connectivity index (χ2v) is 6.07. The van der Waals surface area contributed by atoms with Gasteiger partial charge in [-0.05, 0) is 45.6 Å². The van der Waals surface area contributed by atoms with Crippen LogP contribution in [0.3, 0.4) is 0 Å². The van der Waals surface area contributed by atoms with Crippen molar-refractivity contribution in [1.29, 1.82) is 0 Å². The normalized spacial score (nSPS) is 28.4. The minimum atomic E-state index is -0.857. The summed E-state index contributed by atoms with van der Waals surface area (Å²) in [5.41, 5.74) is 0. The van der Waals surface area contributed by atoms with Crippen LogP contribution >= 0.6 is 0 Å². The summed E-state index contributed by atoms with van der Waals surface area (Å²) in [6.07, 6.45) is 6.57. The van der Waals surface area contributed by atoms with Gasteiger partial charge in [-0.2, -0.15) is 0 Å². The van der Waals surface area contributed by atoms with Crippen molar-refractivity contribution in [3.05, 3.63) is 0 Å². The van der Waals surface area contributed by atoms with Gasteiger partial charge in [-0.25, -0.2) is 4.79 Å². The van der Waals surface area contributed by atoms with Gasteiger partial charge in [-0.1, -0.05) is 6.42 Å². The van der Waals surface area contributed by atoms with E-state index >= 15 is 0 Å². The van der Waals surface area contributed by atoms with Crippen molar-refractivity contribution >= 4 is 11.9 Å². The molecule has 0 bridgehead atoms. The van der Waals surface area contributed by atoms with Gasteiger partial charge < -0.3 is 14.9 Å². The Labute approximate surface area is 120 Å². The highest BCUT2D eigenvalue weighted by Gasteiger charge is 2.32. The molecule has 2 atom stereocenters. The van der Waals surface area contributed by atoms with Gasteiger partial charge in [0.2, 0.25) is 5.91 Å². The molecule has 0 aromatic carbocycles. The van der Waals surface area contributed by atoms with Crippen LogP contribution in [0.15, 0.2) is 0 Å². The highest BCUT2D eigenvalue weighted by Crippen LogP contribution is 2.20. The number of likely N-dealkylation sites (tertiary alicyclic amines) is 2. The zero-order valence-electron chi connectivity index (χ0n) is 12.4. The molecule has 2 saturated heterocycles. The number of carboxylic acid groups (broad SMARTS) is 1. The number of nitrogens with zero attached hydrogens (tertiary/aromatic N) is 2. The zero-order chi connectivity index (χ0) is 14.5. The largest absolute Gasteiger partial charge is 0.480 e. The number of carbonyl (C=O) groups is 2. The molecule has 1 N–H and O–H groups in total. The van der Waals surface area contributed by atoms with E-state index in [4.69, 9.17) is 0 Å². The van der Waals surface area contributed by atoms with E-state index in [0.29, 0.717) is 25.4 Å². The van der Waals surface area contributed by atoms with Crippen molar-refractivity contribution < 1.29 is 14.7 Å². The minimum absolute atomic E-state index is 0.00914. The number of carbonyl (C=O) groups excluding carboxylic acids is 1. The molecule has 2 fully saturated rings. The Kier molecular flexibility index (Phi) is 5.40. The lowest BCUT2D eigenvalue weighted by atomic mass is 10.0. The van der Waals surface area contributed by atoms with Crippen LogP contribution in [0, 0.1) is 0 Å². The second-order valence-electron chi connectivity index (χ2n) is 6.07. The summed E-state index contributed by atoms with van der Waals surface area (Å²) in [7, 11) is 0. The molecule has 2 rings (SSSR count). The summed E-state index contributed by atoms with van der Waals surface area (Å²) >= 11 is 0. The molecule has 0 spiro atoms. The van der Waals surface area contributed by atoms with Gasteiger partial charge in [0.1, 0.15) is 6.04 Å². The van der Waals surface area contributed by atoms with Crippen molar-refractivity contribution in [1.82, 2.24) is 9.80 Å². The number of hydrogen-bond acceptors (Lipinski definition) is 3. The number of carboxylic acids is 1. The molecule has 0 aromatic heterocycles. The Morgan fingerprint density at radius 3 is 2.50 bits per heavy atom. The number of hydrogen-bond donors (Lipinski definition) is 1. The lowest BCUT2D eigenvalue weighted by Gasteiger charge is -2.36. The standard InChI is InChI=1S/C15H26N2O3/c1-12-6-2-4-9-16(12)11-8-14(18)17-10-5-3-7-13(17)15(19)20/h12-13H,2-11H2,1H3,(H,19,20). The third-order valence-corrected chi connectivity index (χ3v) is 4.66. The summed E-state index contributed by atoms with van der Waals surface area (Å²) in [6, 6.07) is -0.0526. The molecule has 114 valence electrons. The highest BCUT2D eigenvalue weighted by atomic mass is 16.4. The van der Waals surface area contributed by atoms with Crippen molar-refractivity contribution in [2.75, 3.05) is 19.6 Å². The fourth-order valence-corrected chi connectivity index (χ4v) is 3.36. The number of piperidine rings is 2. The molecule has 2 aliphatic rings. The zero-order valence-corrected chi connectivity index (χ0v) is 12.4. The first kappa shape index (κ1) is 15.3. The molecule has 0 aliphatic carbocycles. The molecule has 5 heteroatoms. The quantitative estimate of drug-likeness (QED) is 0.853. The maximum atomic E-state index is 12.3. The number of aliphatic carboxylic acids is 1. The van der Waals surface area contributed by atoms with E-state index in [-0.39, 0.29) is 5.91 Å². The summed E-state index contributed by atoms with van der Waals surface area (Å²) in [4.78, 5) is 27.5. The van der Waals surface area contributed by atoms with Crippen LogP contribution in [0.1, 0.15) is 51.9 Å². The van der Waals surface area contributed by atoms with Crippen LogP contribution in [0.25, 0.3) is 0 Å². The van der Waals surface area contributed by atoms with E-state index < -0.39 is 12.0 Å². The molecule has 0 aromatic rings. The highest BCUT2D eigenvalue weighted by molar-refractivity contribution is 5.84. The van der Waals surface area contributed by atoms with Crippen molar-refractivity contribution in [3.63, 3.8) is 0 Å². The molecule has 2 unspecified atom stereocenters. The Morgan fingerprint density at radius 1 is 1.10 bits per heavy atom. The summed E-state index contributed by atoms with van der Waals surface area (Å²) < 4.78 is 0. The molecule has 5 nitrogen and oxygen atoms in total. The second kappa shape index (κ2) is 7.07. The average molecular weight is 282 g/mol. The Balaban J connectivity index is 1.85. The van der Waals surface area contributed by atoms with Crippen molar-refractivity contribution in [2.24, 2.45) is 0 Å². The summed E-state index contributed by atoms with van der Waals surface area (Å²) in [5, 5.41) is 9.21. The van der Waals surface area contributed by atoms with E-state index in [1.54, 1.807) is 4.90 Å². The molecule has 0 saturated carbocycles. The van der Waals surface area contributed by atoms with Crippen LogP contribution in [0.4, 0.5) is 0 Å². The number of rotatable bonds is 4. The molecule has 0 radical (unpaired) electrons. The van der Waals surface area contributed by atoms with Crippen molar-refractivity contribution in [3.8, 4) is 0 Å². The van der Waals surface area contributed by atoms with Crippen LogP contribution < -0.4 is 0 Å². The van der Waals surface area contributed by atoms with Gasteiger partial charge in [0.15, 0.2) is 0 Å². The van der Waals surface area contributed by atoms with Crippen LogP contribution in [0.2, 0.25) is 0 Å². The Hall–Kier alpha value is -1.10. The lowest BCUT2D eigenvalue weighted by Crippen LogP contribution is -2.49. The first-order valence-electron chi connectivity index (χ1n) is 7.86. The van der Waals surface area contributed by atoms with Gasteiger partial charge in [0.25, 0.3) is 0 Å². The van der Waals surface area contributed by atoms with Gasteiger partial charge in [-0.3, -0.25) is 4.79 Å². The Morgan fingerprint density at radius 2 is 1.80 bits per heavy atom. The SMILES string of the molecule is CC1CCCCN1CCC(=O)N1CCCCC1C(=O)O. The molecular formula is C15H26N2O3. The van der Waals surface area contributed by atoms with Gasteiger partial charge >= 0.3 is 5.97 Å². The minimum Gasteiger partial charge on any atom is -0.480 e. The van der Waals surface area contributed by atoms with Crippen LogP contribution in [-0.2, 0) is 9.59 Å². The average Bonchev–Trinajstić information content (AvgIpc) is 2.46. The first-order chi connectivity index (χ1) is 9.59. The van der Waals surface area contributed by atoms with E-state index in [1.165, 1.54) is 19.3 Å². The molecule has 1 amide bonds. The van der Waals surface area contributed by atoms with E-state index in [0.717, 1.165) is 25.9 Å². The maximum Gasteiger partial charge on any atom is 0.326 e. The number of amides is 1. The van der Waals surface area contributed by atoms with Gasteiger partial charge in [0.05, 0.1) is 0 Å². The van der Waals surface area contributed by atoms with Crippen LogP contribution in [0.5, 0.6) is 0 Å². The molecular weight excluding hydrogens is 256 g/mol. The predicted octanol–water partition coefficient (Wildman–Crippen LogP) is 1.72. The lowest BCUT2D eigenvalue weighted by molar-refractivity contribution is -0.152. The summed E-state index contributed by atoms with van der Waals surface area (Å²) in [5.74, 6) is -0.848. The Bertz CT molecular complexity index is 359. The molecule has 2 aliphatic heterocycles. The smallest absolute Gasteiger partial charge is 0.326 e. The fourth-order valence-electron chi connectivity index (χ4n) is 3.36. The van der Waals surface area contributed by atoms with E-state index in [2.05, 4.69) is 11.8 Å². The fraction of sp³-hybridized carbons (Fsp3) is 0.867. The van der Waals surface area contributed by atoms with E-state index in [1.807, 2.05) is 0 Å². The summed E-state index contributed by atoms with van der Waals surface area (Å²) in [6.45, 7) is 4.65. The third-order valence-electron chi connectivity index (χ3n) is 4.66. The van der Waals surface area contributed by atoms with Crippen LogP contribution in [-0.4, -0.2) is 58.5 Å². The third kappa shape index (κ3) is 3.72. The van der Waals surface area contributed by atoms with Gasteiger partial charge in [0, 0.05) is 25.6 Å². The molecule has 20 heavy (non-hydrogen) atoms. The molecule has 2 heterocycles. The maximum absolute atomic E-state index is 12.3. The van der Waals surface area contributed by atoms with E-state index in [9.17, 15) is 14.7 Å². The predicted molar refractivity (Wildman–Crippen MR) is 76.5 cm³/mol. The topological polar surface area (TPSA) is 60.9 Å².